The smallest absolute Gasteiger partial charge is 0.174 e. The molecule has 0 spiro atoms. The van der Waals surface area contributed by atoms with Gasteiger partial charge >= 0.3 is 0 Å². The van der Waals surface area contributed by atoms with Crippen LogP contribution in [0.15, 0.2) is 30.7 Å². The fraction of sp³-hybridized carbons (Fsp3) is 0.333. The van der Waals surface area contributed by atoms with Gasteiger partial charge in [0, 0.05) is 5.41 Å². The monoisotopic (exact) mass is 320 g/mol. The van der Waals surface area contributed by atoms with E-state index in [1.54, 1.807) is 6.33 Å². The van der Waals surface area contributed by atoms with Crippen LogP contribution in [0.4, 0.5) is 0 Å². The highest BCUT2D eigenvalue weighted by Gasteiger charge is 2.23. The van der Waals surface area contributed by atoms with Crippen LogP contribution in [0.3, 0.4) is 0 Å². The summed E-state index contributed by atoms with van der Waals surface area (Å²) in [6, 6.07) is 6.33. The van der Waals surface area contributed by atoms with Gasteiger partial charge in [0.2, 0.25) is 0 Å². The maximum atomic E-state index is 4.65. The molecule has 0 aliphatic rings. The van der Waals surface area contributed by atoms with Gasteiger partial charge in [-0.15, -0.1) is 10.2 Å². The maximum absolute atomic E-state index is 4.65. The second-order valence-corrected chi connectivity index (χ2v) is 7.30. The topological polar surface area (TPSA) is 60.9 Å². The SMILES string of the molecule is Cc1ccc(C)c(-n2ncc3c2ncn2c(C(C)(C)C)nnc32)c1. The summed E-state index contributed by atoms with van der Waals surface area (Å²) < 4.78 is 3.83. The second-order valence-electron chi connectivity index (χ2n) is 7.30. The summed E-state index contributed by atoms with van der Waals surface area (Å²) in [5.41, 5.74) is 4.88. The molecule has 0 atom stereocenters. The summed E-state index contributed by atoms with van der Waals surface area (Å²) in [6.45, 7) is 10.5. The number of fused-ring (bicyclic) bond motifs is 3. The van der Waals surface area contributed by atoms with Crippen LogP contribution in [0.1, 0.15) is 37.7 Å². The first-order valence-electron chi connectivity index (χ1n) is 8.02. The molecule has 0 amide bonds. The summed E-state index contributed by atoms with van der Waals surface area (Å²) in [5, 5.41) is 14.2. The van der Waals surface area contributed by atoms with E-state index in [4.69, 9.17) is 0 Å². The van der Waals surface area contributed by atoms with Gasteiger partial charge in [0.25, 0.3) is 0 Å². The van der Waals surface area contributed by atoms with Gasteiger partial charge in [-0.25, -0.2) is 9.67 Å². The zero-order valence-electron chi connectivity index (χ0n) is 14.6. The average Bonchev–Trinajstić information content (AvgIpc) is 3.12. The number of benzene rings is 1. The highest BCUT2D eigenvalue weighted by molar-refractivity contribution is 5.89. The van der Waals surface area contributed by atoms with Gasteiger partial charge in [0.05, 0.1) is 17.3 Å². The number of aromatic nitrogens is 6. The summed E-state index contributed by atoms with van der Waals surface area (Å²) >= 11 is 0. The minimum atomic E-state index is -0.0993. The highest BCUT2D eigenvalue weighted by Crippen LogP contribution is 2.26. The Hall–Kier alpha value is -2.76. The molecule has 6 heteroatoms. The predicted octanol–water partition coefficient (Wildman–Crippen LogP) is 3.38. The lowest BCUT2D eigenvalue weighted by Gasteiger charge is -2.15. The molecule has 0 saturated heterocycles. The van der Waals surface area contributed by atoms with Crippen LogP contribution in [-0.2, 0) is 5.41 Å². The van der Waals surface area contributed by atoms with Crippen molar-refractivity contribution in [1.29, 1.82) is 0 Å². The minimum absolute atomic E-state index is 0.0993. The highest BCUT2D eigenvalue weighted by atomic mass is 15.3. The molecule has 0 unspecified atom stereocenters. The van der Waals surface area contributed by atoms with Crippen LogP contribution in [0.25, 0.3) is 22.4 Å². The Bertz CT molecular complexity index is 1060. The predicted molar refractivity (Wildman–Crippen MR) is 93.6 cm³/mol. The lowest BCUT2D eigenvalue weighted by Crippen LogP contribution is -2.16. The molecule has 24 heavy (non-hydrogen) atoms. The molecule has 0 radical (unpaired) electrons. The first kappa shape index (κ1) is 14.8. The van der Waals surface area contributed by atoms with E-state index in [0.29, 0.717) is 0 Å². The third kappa shape index (κ3) is 2.10. The third-order valence-electron chi connectivity index (χ3n) is 4.24. The molecule has 6 nitrogen and oxygen atoms in total. The fourth-order valence-corrected chi connectivity index (χ4v) is 2.96. The molecule has 4 aromatic rings. The van der Waals surface area contributed by atoms with Gasteiger partial charge in [-0.05, 0) is 31.0 Å². The van der Waals surface area contributed by atoms with E-state index < -0.39 is 0 Å². The van der Waals surface area contributed by atoms with Crippen molar-refractivity contribution in [3.8, 4) is 5.69 Å². The Morgan fingerprint density at radius 2 is 1.79 bits per heavy atom. The standard InChI is InChI=1S/C18H20N6/c1-11-6-7-12(2)14(8-11)24-15-13(9-20-24)16-21-22-17(18(3,4)5)23(16)10-19-15/h6-10H,1-5H3. The molecule has 3 aromatic heterocycles. The number of aryl methyl sites for hydroxylation is 2. The van der Waals surface area contributed by atoms with Crippen LogP contribution in [0.5, 0.6) is 0 Å². The van der Waals surface area contributed by atoms with Crippen molar-refractivity contribution in [1.82, 2.24) is 29.4 Å². The van der Waals surface area contributed by atoms with E-state index >= 15 is 0 Å². The number of nitrogens with zero attached hydrogens (tertiary/aromatic N) is 6. The van der Waals surface area contributed by atoms with Crippen molar-refractivity contribution in [3.05, 3.63) is 47.7 Å². The Morgan fingerprint density at radius 3 is 2.54 bits per heavy atom. The molecule has 122 valence electrons. The molecular weight excluding hydrogens is 300 g/mol. The van der Waals surface area contributed by atoms with E-state index in [2.05, 4.69) is 73.1 Å². The summed E-state index contributed by atoms with van der Waals surface area (Å²) in [4.78, 5) is 4.65. The molecule has 0 aliphatic heterocycles. The normalized spacial score (nSPS) is 12.4. The van der Waals surface area contributed by atoms with Crippen LogP contribution in [0, 0.1) is 13.8 Å². The van der Waals surface area contributed by atoms with E-state index in [0.717, 1.165) is 33.8 Å². The van der Waals surface area contributed by atoms with Crippen LogP contribution >= 0.6 is 0 Å². The van der Waals surface area contributed by atoms with E-state index in [9.17, 15) is 0 Å². The molecule has 0 bridgehead atoms. The quantitative estimate of drug-likeness (QED) is 0.539. The first-order chi connectivity index (χ1) is 11.4. The van der Waals surface area contributed by atoms with Gasteiger partial charge < -0.3 is 0 Å². The molecule has 1 aromatic carbocycles. The summed E-state index contributed by atoms with van der Waals surface area (Å²) in [5.74, 6) is 0.895. The van der Waals surface area contributed by atoms with Crippen molar-refractivity contribution in [2.45, 2.75) is 40.0 Å². The number of hydrogen-bond donors (Lipinski definition) is 0. The van der Waals surface area contributed by atoms with E-state index in [1.807, 2.05) is 15.3 Å². The zero-order chi connectivity index (χ0) is 17.1. The van der Waals surface area contributed by atoms with Crippen LogP contribution in [-0.4, -0.2) is 29.4 Å². The Morgan fingerprint density at radius 1 is 1.00 bits per heavy atom. The van der Waals surface area contributed by atoms with Crippen LogP contribution in [0.2, 0.25) is 0 Å². The van der Waals surface area contributed by atoms with Crippen LogP contribution < -0.4 is 0 Å². The van der Waals surface area contributed by atoms with E-state index in [1.165, 1.54) is 5.56 Å². The van der Waals surface area contributed by atoms with Gasteiger partial charge in [-0.3, -0.25) is 4.40 Å². The fourth-order valence-electron chi connectivity index (χ4n) is 2.96. The lowest BCUT2D eigenvalue weighted by atomic mass is 9.96. The van der Waals surface area contributed by atoms with Gasteiger partial charge in [-0.1, -0.05) is 32.9 Å². The second kappa shape index (κ2) is 4.87. The average molecular weight is 320 g/mol. The van der Waals surface area contributed by atoms with Crippen molar-refractivity contribution in [3.63, 3.8) is 0 Å². The Balaban J connectivity index is 2.00. The summed E-state index contributed by atoms with van der Waals surface area (Å²) in [7, 11) is 0. The Labute approximate surface area is 140 Å². The van der Waals surface area contributed by atoms with Crippen molar-refractivity contribution < 1.29 is 0 Å². The molecule has 0 fully saturated rings. The van der Waals surface area contributed by atoms with Gasteiger partial charge in [0.15, 0.2) is 11.3 Å². The molecule has 0 aliphatic carbocycles. The molecular formula is C18H20N6. The molecule has 3 heterocycles. The van der Waals surface area contributed by atoms with E-state index in [-0.39, 0.29) is 5.41 Å². The summed E-state index contributed by atoms with van der Waals surface area (Å²) in [6.07, 6.45) is 3.61. The zero-order valence-corrected chi connectivity index (χ0v) is 14.6. The molecule has 0 saturated carbocycles. The lowest BCUT2D eigenvalue weighted by molar-refractivity contribution is 0.537. The third-order valence-corrected chi connectivity index (χ3v) is 4.24. The Kier molecular flexibility index (Phi) is 3.00. The largest absolute Gasteiger partial charge is 0.268 e. The number of rotatable bonds is 1. The van der Waals surface area contributed by atoms with Crippen molar-refractivity contribution >= 4 is 16.7 Å². The van der Waals surface area contributed by atoms with Crippen molar-refractivity contribution in [2.75, 3.05) is 0 Å². The molecule has 0 N–H and O–H groups in total. The first-order valence-corrected chi connectivity index (χ1v) is 8.02. The minimum Gasteiger partial charge on any atom is -0.268 e. The van der Waals surface area contributed by atoms with Crippen molar-refractivity contribution in [2.24, 2.45) is 0 Å². The number of hydrogen-bond acceptors (Lipinski definition) is 4. The maximum Gasteiger partial charge on any atom is 0.174 e. The molecule has 4 rings (SSSR count). The van der Waals surface area contributed by atoms with Gasteiger partial charge in [-0.2, -0.15) is 5.10 Å². The van der Waals surface area contributed by atoms with Gasteiger partial charge in [0.1, 0.15) is 12.2 Å².